The van der Waals surface area contributed by atoms with Crippen LogP contribution in [0.1, 0.15) is 17.0 Å². The fraction of sp³-hybridized carbons (Fsp3) is 0.188. The zero-order valence-corrected chi connectivity index (χ0v) is 13.1. The molecule has 8 heteroatoms. The fourth-order valence-corrected chi connectivity index (χ4v) is 2.74. The molecule has 4 rings (SSSR count). The lowest BCUT2D eigenvalue weighted by Crippen LogP contribution is -2.43. The Kier molecular flexibility index (Phi) is 3.45. The summed E-state index contributed by atoms with van der Waals surface area (Å²) in [7, 11) is 0. The highest BCUT2D eigenvalue weighted by atomic mass is 35.5. The molecule has 2 aromatic heterocycles. The molecule has 0 atom stereocenters. The first-order valence-electron chi connectivity index (χ1n) is 7.34. The maximum Gasteiger partial charge on any atom is 0.290 e. The summed E-state index contributed by atoms with van der Waals surface area (Å²) in [5.74, 6) is -2.04. The molecule has 1 amide bonds. The van der Waals surface area contributed by atoms with Crippen molar-refractivity contribution in [2.24, 2.45) is 0 Å². The van der Waals surface area contributed by atoms with Gasteiger partial charge in [-0.1, -0.05) is 11.6 Å². The van der Waals surface area contributed by atoms with Gasteiger partial charge >= 0.3 is 0 Å². The molecule has 3 aromatic rings. The van der Waals surface area contributed by atoms with Crippen molar-refractivity contribution in [2.45, 2.75) is 6.42 Å². The van der Waals surface area contributed by atoms with Crippen LogP contribution in [0.5, 0.6) is 0 Å². The number of halogens is 3. The zero-order valence-electron chi connectivity index (χ0n) is 12.3. The first kappa shape index (κ1) is 15.0. The number of imidazole rings is 1. The van der Waals surface area contributed by atoms with Gasteiger partial charge in [0.15, 0.2) is 5.65 Å². The first-order valence-corrected chi connectivity index (χ1v) is 7.71. The van der Waals surface area contributed by atoms with Crippen LogP contribution in [0.2, 0.25) is 5.02 Å². The van der Waals surface area contributed by atoms with Gasteiger partial charge in [0, 0.05) is 19.3 Å². The third-order valence-corrected chi connectivity index (χ3v) is 4.34. The van der Waals surface area contributed by atoms with Gasteiger partial charge in [-0.3, -0.25) is 9.36 Å². The summed E-state index contributed by atoms with van der Waals surface area (Å²) in [6, 6.07) is 5.50. The van der Waals surface area contributed by atoms with E-state index in [0.717, 1.165) is 18.6 Å². The second-order valence-corrected chi connectivity index (χ2v) is 5.86. The number of rotatable bonds is 2. The minimum Gasteiger partial charge on any atom is -0.336 e. The van der Waals surface area contributed by atoms with E-state index in [1.54, 1.807) is 17.0 Å². The highest BCUT2D eigenvalue weighted by Crippen LogP contribution is 2.27. The number of fused-ring (bicyclic) bond motifs is 1. The van der Waals surface area contributed by atoms with E-state index in [0.29, 0.717) is 24.3 Å². The molecule has 1 aliphatic rings. The number of likely N-dealkylation sites (tertiary alicyclic amines) is 1. The van der Waals surface area contributed by atoms with Crippen LogP contribution in [-0.2, 0) is 0 Å². The van der Waals surface area contributed by atoms with Crippen molar-refractivity contribution >= 4 is 28.7 Å². The van der Waals surface area contributed by atoms with Gasteiger partial charge in [-0.05, 0) is 30.7 Å². The molecule has 1 aromatic carbocycles. The molecule has 0 N–H and O–H groups in total. The molecule has 0 spiro atoms. The van der Waals surface area contributed by atoms with Crippen molar-refractivity contribution in [1.82, 2.24) is 19.4 Å². The third kappa shape index (κ3) is 2.24. The van der Waals surface area contributed by atoms with Crippen molar-refractivity contribution in [3.63, 3.8) is 0 Å². The average molecular weight is 349 g/mol. The highest BCUT2D eigenvalue weighted by molar-refractivity contribution is 6.30. The number of carbonyl (C=O) groups is 1. The lowest BCUT2D eigenvalue weighted by Gasteiger charge is -2.30. The number of amides is 1. The Morgan fingerprint density at radius 2 is 1.92 bits per heavy atom. The number of carbonyl (C=O) groups excluding carboxylic acids is 1. The van der Waals surface area contributed by atoms with Gasteiger partial charge < -0.3 is 4.90 Å². The summed E-state index contributed by atoms with van der Waals surface area (Å²) in [6.45, 7) is 1.28. The summed E-state index contributed by atoms with van der Waals surface area (Å²) >= 11 is 5.55. The van der Waals surface area contributed by atoms with Crippen molar-refractivity contribution in [3.8, 4) is 5.69 Å². The SMILES string of the molecule is O=C(c1nc2cccnc2n1-c1cc(F)c(Cl)c(F)c1)N1CCC1. The maximum atomic E-state index is 13.9. The molecule has 1 saturated heterocycles. The third-order valence-electron chi connectivity index (χ3n) is 3.98. The summed E-state index contributed by atoms with van der Waals surface area (Å²) in [6.07, 6.45) is 2.45. The first-order chi connectivity index (χ1) is 11.6. The largest absolute Gasteiger partial charge is 0.336 e. The minimum absolute atomic E-state index is 0.0736. The monoisotopic (exact) mass is 348 g/mol. The summed E-state index contributed by atoms with van der Waals surface area (Å²) in [5.41, 5.74) is 0.930. The van der Waals surface area contributed by atoms with E-state index in [1.165, 1.54) is 10.8 Å². The Hall–Kier alpha value is -2.54. The van der Waals surface area contributed by atoms with Crippen LogP contribution in [0.3, 0.4) is 0 Å². The molecule has 122 valence electrons. The molecule has 24 heavy (non-hydrogen) atoms. The number of aromatic nitrogens is 3. The number of pyridine rings is 1. The van der Waals surface area contributed by atoms with Crippen molar-refractivity contribution in [1.29, 1.82) is 0 Å². The van der Waals surface area contributed by atoms with E-state index >= 15 is 0 Å². The smallest absolute Gasteiger partial charge is 0.290 e. The highest BCUT2D eigenvalue weighted by Gasteiger charge is 2.28. The molecule has 0 unspecified atom stereocenters. The van der Waals surface area contributed by atoms with Crippen LogP contribution >= 0.6 is 11.6 Å². The van der Waals surface area contributed by atoms with Crippen LogP contribution in [0.25, 0.3) is 16.9 Å². The summed E-state index contributed by atoms with van der Waals surface area (Å²) in [4.78, 5) is 22.8. The molecule has 1 fully saturated rings. The molecular weight excluding hydrogens is 338 g/mol. The molecule has 1 aliphatic heterocycles. The van der Waals surface area contributed by atoms with Gasteiger partial charge in [-0.15, -0.1) is 0 Å². The van der Waals surface area contributed by atoms with Gasteiger partial charge in [-0.2, -0.15) is 0 Å². The van der Waals surface area contributed by atoms with E-state index in [2.05, 4.69) is 9.97 Å². The van der Waals surface area contributed by atoms with E-state index in [1.807, 2.05) is 0 Å². The summed E-state index contributed by atoms with van der Waals surface area (Å²) < 4.78 is 29.1. The standard InChI is InChI=1S/C16H11ClF2N4O/c17-13-10(18)7-9(8-11(13)19)23-14-12(3-1-4-20-14)21-15(23)16(24)22-5-2-6-22/h1,3-4,7-8H,2,5-6H2. The average Bonchev–Trinajstić information content (AvgIpc) is 2.90. The lowest BCUT2D eigenvalue weighted by atomic mass is 10.2. The molecule has 0 bridgehead atoms. The van der Waals surface area contributed by atoms with Crippen LogP contribution in [0, 0.1) is 11.6 Å². The molecule has 0 aliphatic carbocycles. The normalized spacial score (nSPS) is 14.0. The molecule has 0 saturated carbocycles. The van der Waals surface area contributed by atoms with Gasteiger partial charge in [0.2, 0.25) is 5.82 Å². The van der Waals surface area contributed by atoms with Crippen molar-refractivity contribution in [2.75, 3.05) is 13.1 Å². The zero-order chi connectivity index (χ0) is 16.8. The maximum absolute atomic E-state index is 13.9. The molecule has 0 radical (unpaired) electrons. The Balaban J connectivity index is 1.97. The van der Waals surface area contributed by atoms with E-state index in [-0.39, 0.29) is 17.4 Å². The van der Waals surface area contributed by atoms with Gasteiger partial charge in [-0.25, -0.2) is 18.7 Å². The van der Waals surface area contributed by atoms with Gasteiger partial charge in [0.05, 0.1) is 5.69 Å². The van der Waals surface area contributed by atoms with E-state index in [9.17, 15) is 13.6 Å². The van der Waals surface area contributed by atoms with Crippen LogP contribution in [-0.4, -0.2) is 38.4 Å². The second kappa shape index (κ2) is 5.52. The minimum atomic E-state index is -0.910. The number of hydrogen-bond donors (Lipinski definition) is 0. The predicted octanol–water partition coefficient (Wildman–Crippen LogP) is 3.20. The molecule has 3 heterocycles. The van der Waals surface area contributed by atoms with Crippen molar-refractivity contribution in [3.05, 3.63) is 52.9 Å². The Morgan fingerprint density at radius 3 is 2.54 bits per heavy atom. The van der Waals surface area contributed by atoms with Crippen LogP contribution in [0.4, 0.5) is 8.78 Å². The Morgan fingerprint density at radius 1 is 1.21 bits per heavy atom. The van der Waals surface area contributed by atoms with E-state index < -0.39 is 16.7 Å². The van der Waals surface area contributed by atoms with Gasteiger partial charge in [0.25, 0.3) is 5.91 Å². The summed E-state index contributed by atoms with van der Waals surface area (Å²) in [5, 5.41) is -0.591. The number of nitrogens with zero attached hydrogens (tertiary/aromatic N) is 4. The molecule has 5 nitrogen and oxygen atoms in total. The molecular formula is C16H11ClF2N4O. The van der Waals surface area contributed by atoms with Gasteiger partial charge in [0.1, 0.15) is 22.2 Å². The van der Waals surface area contributed by atoms with E-state index in [4.69, 9.17) is 11.6 Å². The quantitative estimate of drug-likeness (QED) is 0.668. The second-order valence-electron chi connectivity index (χ2n) is 5.49. The fourth-order valence-electron chi connectivity index (χ4n) is 2.63. The van der Waals surface area contributed by atoms with Crippen LogP contribution in [0.15, 0.2) is 30.5 Å². The lowest BCUT2D eigenvalue weighted by molar-refractivity contribution is 0.0637. The predicted molar refractivity (Wildman–Crippen MR) is 84.3 cm³/mol. The Labute approximate surface area is 140 Å². The Bertz CT molecular complexity index is 945. The number of benzene rings is 1. The van der Waals surface area contributed by atoms with Crippen molar-refractivity contribution < 1.29 is 13.6 Å². The number of hydrogen-bond acceptors (Lipinski definition) is 3. The topological polar surface area (TPSA) is 51.0 Å². The van der Waals surface area contributed by atoms with Crippen LogP contribution < -0.4 is 0 Å².